The Morgan fingerprint density at radius 2 is 2.62 bits per heavy atom. The average molecular weight is 114 g/mol. The van der Waals surface area contributed by atoms with Crippen LogP contribution in [0.25, 0.3) is 0 Å². The smallest absolute Gasteiger partial charge is 0.281 e. The molecule has 1 atom stereocenters. The number of amidine groups is 1. The highest BCUT2D eigenvalue weighted by Gasteiger charge is 2.07. The fourth-order valence-electron chi connectivity index (χ4n) is 0.572. The van der Waals surface area contributed by atoms with Crippen LogP contribution in [0.2, 0.25) is 0 Å². The van der Waals surface area contributed by atoms with Crippen LogP contribution in [0.3, 0.4) is 0 Å². The van der Waals surface area contributed by atoms with E-state index in [0.29, 0.717) is 11.9 Å². The van der Waals surface area contributed by atoms with E-state index in [1.165, 1.54) is 0 Å². The molecule has 46 valence electrons. The summed E-state index contributed by atoms with van der Waals surface area (Å²) in [6, 6.07) is 0.336. The third-order valence-electron chi connectivity index (χ3n) is 1.07. The Balaban J connectivity index is 2.42. The molecule has 0 fully saturated rings. The molecule has 1 rings (SSSR count). The van der Waals surface area contributed by atoms with E-state index in [1.807, 2.05) is 0 Å². The molecule has 3 nitrogen and oxygen atoms in total. The summed E-state index contributed by atoms with van der Waals surface area (Å²) in [5.41, 5.74) is 5.22. The van der Waals surface area contributed by atoms with Gasteiger partial charge < -0.3 is 10.5 Å². The Morgan fingerprint density at radius 1 is 1.88 bits per heavy atom. The minimum Gasteiger partial charge on any atom is -0.465 e. The highest BCUT2D eigenvalue weighted by molar-refractivity contribution is 5.71. The fraction of sp³-hybridized carbons (Fsp3) is 0.800. The second kappa shape index (κ2) is 2.03. The topological polar surface area (TPSA) is 47.6 Å². The Bertz CT molecular complexity index is 111. The zero-order chi connectivity index (χ0) is 5.98. The number of nitrogens with two attached hydrogens (primary N) is 1. The van der Waals surface area contributed by atoms with Gasteiger partial charge in [-0.1, -0.05) is 6.92 Å². The molecule has 1 aliphatic heterocycles. The highest BCUT2D eigenvalue weighted by atomic mass is 16.5. The van der Waals surface area contributed by atoms with Crippen molar-refractivity contribution in [2.24, 2.45) is 16.6 Å². The van der Waals surface area contributed by atoms with Gasteiger partial charge in [0.05, 0.1) is 13.2 Å². The molecule has 0 aromatic rings. The Kier molecular flexibility index (Phi) is 1.37. The molecular formula is C5H10N2O. The zero-order valence-electron chi connectivity index (χ0n) is 4.92. The Labute approximate surface area is 48.5 Å². The van der Waals surface area contributed by atoms with Crippen molar-refractivity contribution in [3.8, 4) is 0 Å². The highest BCUT2D eigenvalue weighted by Crippen LogP contribution is 2.00. The van der Waals surface area contributed by atoms with Crippen LogP contribution >= 0.6 is 0 Å². The molecule has 3 heteroatoms. The molecule has 0 aliphatic carbocycles. The maximum atomic E-state index is 5.22. The van der Waals surface area contributed by atoms with Gasteiger partial charge in [-0.05, 0) is 0 Å². The van der Waals surface area contributed by atoms with Gasteiger partial charge in [0.1, 0.15) is 0 Å². The summed E-state index contributed by atoms with van der Waals surface area (Å²) < 4.78 is 4.92. The first-order valence-electron chi connectivity index (χ1n) is 2.72. The van der Waals surface area contributed by atoms with Gasteiger partial charge in [0.2, 0.25) is 0 Å². The van der Waals surface area contributed by atoms with Crippen LogP contribution in [-0.2, 0) is 4.74 Å². The Hall–Kier alpha value is -0.730. The van der Waals surface area contributed by atoms with Crippen molar-refractivity contribution in [2.75, 3.05) is 13.2 Å². The van der Waals surface area contributed by atoms with Crippen LogP contribution < -0.4 is 5.73 Å². The standard InChI is InChI=1S/C5H10N2O/c1-4-2-7-5(6)8-3-4/h4H,2-3H2,1H3,(H2,6,7). The van der Waals surface area contributed by atoms with Gasteiger partial charge in [-0.2, -0.15) is 0 Å². The molecule has 0 bridgehead atoms. The SMILES string of the molecule is CC1CN=C(N)OC1. The zero-order valence-corrected chi connectivity index (χ0v) is 4.92. The summed E-state index contributed by atoms with van der Waals surface area (Å²) in [5, 5.41) is 0. The minimum absolute atomic E-state index is 0.336. The van der Waals surface area contributed by atoms with Crippen molar-refractivity contribution >= 4 is 6.02 Å². The molecule has 0 saturated carbocycles. The maximum absolute atomic E-state index is 5.22. The van der Waals surface area contributed by atoms with E-state index in [2.05, 4.69) is 11.9 Å². The van der Waals surface area contributed by atoms with E-state index in [4.69, 9.17) is 10.5 Å². The lowest BCUT2D eigenvalue weighted by Crippen LogP contribution is -2.26. The molecule has 0 amide bonds. The van der Waals surface area contributed by atoms with E-state index in [9.17, 15) is 0 Å². The van der Waals surface area contributed by atoms with Crippen molar-refractivity contribution in [1.29, 1.82) is 0 Å². The quantitative estimate of drug-likeness (QED) is 0.480. The van der Waals surface area contributed by atoms with Gasteiger partial charge >= 0.3 is 0 Å². The third kappa shape index (κ3) is 1.12. The van der Waals surface area contributed by atoms with E-state index in [1.54, 1.807) is 0 Å². The lowest BCUT2D eigenvalue weighted by atomic mass is 10.2. The molecule has 0 aromatic carbocycles. The third-order valence-corrected chi connectivity index (χ3v) is 1.07. The molecule has 0 spiro atoms. The van der Waals surface area contributed by atoms with Gasteiger partial charge in [0.15, 0.2) is 0 Å². The first-order valence-corrected chi connectivity index (χ1v) is 2.72. The first kappa shape index (κ1) is 5.41. The van der Waals surface area contributed by atoms with Crippen LogP contribution in [0, 0.1) is 5.92 Å². The van der Waals surface area contributed by atoms with E-state index in [0.717, 1.165) is 13.2 Å². The number of ether oxygens (including phenoxy) is 1. The van der Waals surface area contributed by atoms with E-state index < -0.39 is 0 Å². The average Bonchev–Trinajstić information content (AvgIpc) is 1.77. The van der Waals surface area contributed by atoms with E-state index >= 15 is 0 Å². The predicted molar refractivity (Wildman–Crippen MR) is 31.6 cm³/mol. The number of hydrogen-bond acceptors (Lipinski definition) is 3. The van der Waals surface area contributed by atoms with Crippen LogP contribution in [0.15, 0.2) is 4.99 Å². The van der Waals surface area contributed by atoms with Gasteiger partial charge in [-0.25, -0.2) is 4.99 Å². The summed E-state index contributed by atoms with van der Waals surface area (Å²) in [4.78, 5) is 3.88. The van der Waals surface area contributed by atoms with Crippen LogP contribution in [-0.4, -0.2) is 19.2 Å². The van der Waals surface area contributed by atoms with E-state index in [-0.39, 0.29) is 0 Å². The van der Waals surface area contributed by atoms with Gasteiger partial charge in [0.25, 0.3) is 6.02 Å². The maximum Gasteiger partial charge on any atom is 0.281 e. The fourth-order valence-corrected chi connectivity index (χ4v) is 0.572. The second-order valence-corrected chi connectivity index (χ2v) is 2.10. The summed E-state index contributed by atoms with van der Waals surface area (Å²) in [6.07, 6.45) is 0. The van der Waals surface area contributed by atoms with Crippen molar-refractivity contribution in [1.82, 2.24) is 0 Å². The molecule has 8 heavy (non-hydrogen) atoms. The lowest BCUT2D eigenvalue weighted by Gasteiger charge is -2.15. The van der Waals surface area contributed by atoms with Crippen LogP contribution in [0.5, 0.6) is 0 Å². The van der Waals surface area contributed by atoms with Crippen molar-refractivity contribution in [3.63, 3.8) is 0 Å². The number of rotatable bonds is 0. The minimum atomic E-state index is 0.336. The predicted octanol–water partition coefficient (Wildman–Crippen LogP) is -0.0326. The molecule has 1 heterocycles. The van der Waals surface area contributed by atoms with Crippen molar-refractivity contribution < 1.29 is 4.74 Å². The number of hydrogen-bond donors (Lipinski definition) is 1. The lowest BCUT2D eigenvalue weighted by molar-refractivity contribution is 0.227. The number of nitrogens with zero attached hydrogens (tertiary/aromatic N) is 1. The van der Waals surface area contributed by atoms with Gasteiger partial charge in [-0.15, -0.1) is 0 Å². The molecule has 1 aliphatic rings. The molecule has 0 saturated heterocycles. The molecular weight excluding hydrogens is 104 g/mol. The second-order valence-electron chi connectivity index (χ2n) is 2.10. The molecule has 1 unspecified atom stereocenters. The van der Waals surface area contributed by atoms with Gasteiger partial charge in [-0.3, -0.25) is 0 Å². The normalized spacial score (nSPS) is 28.6. The number of aliphatic imine (C=N–C) groups is 1. The monoisotopic (exact) mass is 114 g/mol. The van der Waals surface area contributed by atoms with Crippen molar-refractivity contribution in [2.45, 2.75) is 6.92 Å². The van der Waals surface area contributed by atoms with Crippen molar-refractivity contribution in [3.05, 3.63) is 0 Å². The molecule has 0 radical (unpaired) electrons. The summed E-state index contributed by atoms with van der Waals surface area (Å²) in [7, 11) is 0. The summed E-state index contributed by atoms with van der Waals surface area (Å²) in [5.74, 6) is 0.530. The molecule has 2 N–H and O–H groups in total. The summed E-state index contributed by atoms with van der Waals surface area (Å²) in [6.45, 7) is 3.61. The van der Waals surface area contributed by atoms with Crippen LogP contribution in [0.1, 0.15) is 6.92 Å². The van der Waals surface area contributed by atoms with Gasteiger partial charge in [0, 0.05) is 5.92 Å². The molecule has 0 aromatic heterocycles. The summed E-state index contributed by atoms with van der Waals surface area (Å²) >= 11 is 0. The first-order chi connectivity index (χ1) is 3.79. The van der Waals surface area contributed by atoms with Crippen LogP contribution in [0.4, 0.5) is 0 Å². The largest absolute Gasteiger partial charge is 0.465 e. The Morgan fingerprint density at radius 3 is 3.00 bits per heavy atom.